The monoisotopic (exact) mass is 367 g/mol. The molecule has 0 N–H and O–H groups in total. The number of thioether (sulfide) groups is 1. The van der Waals surface area contributed by atoms with Gasteiger partial charge >= 0.3 is 0 Å². The minimum Gasteiger partial charge on any atom is -0.268 e. The van der Waals surface area contributed by atoms with E-state index >= 15 is 0 Å². The molecule has 23 heavy (non-hydrogen) atoms. The third-order valence-electron chi connectivity index (χ3n) is 3.10. The van der Waals surface area contributed by atoms with E-state index in [2.05, 4.69) is 0 Å². The first-order chi connectivity index (χ1) is 11.0. The van der Waals surface area contributed by atoms with Gasteiger partial charge in [0.1, 0.15) is 5.82 Å². The predicted molar refractivity (Wildman–Crippen MR) is 91.3 cm³/mol. The summed E-state index contributed by atoms with van der Waals surface area (Å²) in [7, 11) is 0. The number of rotatable bonds is 2. The Kier molecular flexibility index (Phi) is 4.43. The summed E-state index contributed by atoms with van der Waals surface area (Å²) in [5, 5.41) is 0.131. The number of hydrogen-bond acceptors (Lipinski definition) is 3. The van der Waals surface area contributed by atoms with Gasteiger partial charge in [-0.25, -0.2) is 9.29 Å². The summed E-state index contributed by atoms with van der Waals surface area (Å²) in [6.07, 6.45) is 1.48. The van der Waals surface area contributed by atoms with E-state index in [0.29, 0.717) is 16.3 Å². The molecule has 0 aliphatic carbocycles. The lowest BCUT2D eigenvalue weighted by molar-refractivity contribution is -0.113. The normalized spacial score (nSPS) is 16.5. The Labute approximate surface area is 145 Å². The van der Waals surface area contributed by atoms with Crippen LogP contribution in [0.4, 0.5) is 14.9 Å². The lowest BCUT2D eigenvalue weighted by atomic mass is 10.2. The molecule has 0 atom stereocenters. The quantitative estimate of drug-likeness (QED) is 0.669. The predicted octanol–water partition coefficient (Wildman–Crippen LogP) is 5.37. The van der Waals surface area contributed by atoms with Crippen molar-refractivity contribution in [3.05, 3.63) is 68.8 Å². The Hall–Kier alpha value is -1.82. The Morgan fingerprint density at radius 2 is 1.83 bits per heavy atom. The maximum atomic E-state index is 13.2. The van der Waals surface area contributed by atoms with E-state index in [-0.39, 0.29) is 9.93 Å². The molecule has 0 saturated carbocycles. The van der Waals surface area contributed by atoms with Crippen LogP contribution in [-0.2, 0) is 4.79 Å². The second kappa shape index (κ2) is 6.35. The highest BCUT2D eigenvalue weighted by Gasteiger charge is 2.36. The standard InChI is InChI=1S/C16H8Cl2FNO2S/c17-12-5-4-11(8-13(12)18)20-15(21)14(23-16(20)22)7-9-2-1-3-10(19)6-9/h1-8H/b14-7-. The van der Waals surface area contributed by atoms with Gasteiger partial charge in [0.2, 0.25) is 0 Å². The van der Waals surface area contributed by atoms with Gasteiger partial charge in [-0.15, -0.1) is 0 Å². The van der Waals surface area contributed by atoms with Crippen molar-refractivity contribution < 1.29 is 14.0 Å². The van der Waals surface area contributed by atoms with Crippen LogP contribution in [0.5, 0.6) is 0 Å². The number of amides is 2. The summed E-state index contributed by atoms with van der Waals surface area (Å²) >= 11 is 12.6. The molecule has 0 bridgehead atoms. The molecule has 1 fully saturated rings. The van der Waals surface area contributed by atoms with Gasteiger partial charge in [0.15, 0.2) is 0 Å². The fourth-order valence-electron chi connectivity index (χ4n) is 2.06. The number of carbonyl (C=O) groups excluding carboxylic acids is 2. The number of hydrogen-bond donors (Lipinski definition) is 0. The topological polar surface area (TPSA) is 37.4 Å². The van der Waals surface area contributed by atoms with Crippen molar-refractivity contribution in [1.29, 1.82) is 0 Å². The van der Waals surface area contributed by atoms with E-state index in [1.54, 1.807) is 6.07 Å². The molecule has 3 nitrogen and oxygen atoms in total. The molecule has 0 radical (unpaired) electrons. The van der Waals surface area contributed by atoms with Crippen molar-refractivity contribution in [2.24, 2.45) is 0 Å². The molecule has 2 amide bonds. The van der Waals surface area contributed by atoms with Gasteiger partial charge in [-0.05, 0) is 53.7 Å². The number of anilines is 1. The summed E-state index contributed by atoms with van der Waals surface area (Å²) in [6, 6.07) is 10.3. The molecule has 3 rings (SSSR count). The van der Waals surface area contributed by atoms with Gasteiger partial charge in [0.05, 0.1) is 20.6 Å². The molecule has 1 aliphatic heterocycles. The Bertz CT molecular complexity index is 854. The number of halogens is 3. The Morgan fingerprint density at radius 3 is 2.52 bits per heavy atom. The van der Waals surface area contributed by atoms with Gasteiger partial charge in [0.25, 0.3) is 11.1 Å². The molecule has 0 spiro atoms. The molecule has 2 aromatic carbocycles. The molecule has 1 heterocycles. The molecule has 1 saturated heterocycles. The zero-order valence-electron chi connectivity index (χ0n) is 11.4. The van der Waals surface area contributed by atoms with Gasteiger partial charge in [-0.3, -0.25) is 9.59 Å². The van der Waals surface area contributed by atoms with Crippen molar-refractivity contribution in [3.63, 3.8) is 0 Å². The molecule has 2 aromatic rings. The van der Waals surface area contributed by atoms with Crippen LogP contribution in [0.2, 0.25) is 10.0 Å². The third kappa shape index (κ3) is 3.27. The van der Waals surface area contributed by atoms with Gasteiger partial charge in [-0.2, -0.15) is 0 Å². The van der Waals surface area contributed by atoms with Gasteiger partial charge < -0.3 is 0 Å². The maximum absolute atomic E-state index is 13.2. The van der Waals surface area contributed by atoms with E-state index in [4.69, 9.17) is 23.2 Å². The van der Waals surface area contributed by atoms with Crippen molar-refractivity contribution in [2.75, 3.05) is 4.90 Å². The average molecular weight is 368 g/mol. The lowest BCUT2D eigenvalue weighted by Gasteiger charge is -2.13. The molecule has 0 aromatic heterocycles. The first kappa shape index (κ1) is 16.1. The maximum Gasteiger partial charge on any atom is 0.298 e. The van der Waals surface area contributed by atoms with Crippen LogP contribution in [0.25, 0.3) is 6.08 Å². The van der Waals surface area contributed by atoms with Crippen LogP contribution in [0.1, 0.15) is 5.56 Å². The highest BCUT2D eigenvalue weighted by atomic mass is 35.5. The first-order valence-corrected chi connectivity index (χ1v) is 8.01. The van der Waals surface area contributed by atoms with Crippen LogP contribution in [0.15, 0.2) is 47.4 Å². The van der Waals surface area contributed by atoms with Crippen molar-refractivity contribution >= 4 is 57.9 Å². The van der Waals surface area contributed by atoms with E-state index in [1.807, 2.05) is 0 Å². The molecule has 0 unspecified atom stereocenters. The van der Waals surface area contributed by atoms with Crippen molar-refractivity contribution in [1.82, 2.24) is 0 Å². The SMILES string of the molecule is O=C1S/C(=C\c2cccc(F)c2)C(=O)N1c1ccc(Cl)c(Cl)c1. The van der Waals surface area contributed by atoms with Crippen LogP contribution in [0.3, 0.4) is 0 Å². The highest BCUT2D eigenvalue weighted by molar-refractivity contribution is 8.19. The third-order valence-corrected chi connectivity index (χ3v) is 4.71. The fraction of sp³-hybridized carbons (Fsp3) is 0. The lowest BCUT2D eigenvalue weighted by Crippen LogP contribution is -2.27. The smallest absolute Gasteiger partial charge is 0.268 e. The number of benzene rings is 2. The van der Waals surface area contributed by atoms with Crippen LogP contribution in [-0.4, -0.2) is 11.1 Å². The number of carbonyl (C=O) groups is 2. The molecule has 7 heteroatoms. The van der Waals surface area contributed by atoms with E-state index < -0.39 is 17.0 Å². The summed E-state index contributed by atoms with van der Waals surface area (Å²) in [5.41, 5.74) is 0.842. The van der Waals surface area contributed by atoms with Crippen LogP contribution < -0.4 is 4.90 Å². The average Bonchev–Trinajstić information content (AvgIpc) is 2.77. The number of imide groups is 1. The Morgan fingerprint density at radius 1 is 1.04 bits per heavy atom. The zero-order valence-corrected chi connectivity index (χ0v) is 13.8. The minimum atomic E-state index is -0.484. The van der Waals surface area contributed by atoms with E-state index in [0.717, 1.165) is 16.7 Å². The fourth-order valence-corrected chi connectivity index (χ4v) is 3.20. The molecule has 116 valence electrons. The van der Waals surface area contributed by atoms with Crippen LogP contribution >= 0.6 is 35.0 Å². The molecule has 1 aliphatic rings. The van der Waals surface area contributed by atoms with Gasteiger partial charge in [-0.1, -0.05) is 35.3 Å². The summed E-state index contributed by atoms with van der Waals surface area (Å²) in [5.74, 6) is -0.898. The zero-order chi connectivity index (χ0) is 16.6. The second-order valence-electron chi connectivity index (χ2n) is 4.67. The number of nitrogens with zero attached hydrogens (tertiary/aromatic N) is 1. The van der Waals surface area contributed by atoms with E-state index in [9.17, 15) is 14.0 Å². The summed E-state index contributed by atoms with van der Waals surface area (Å²) in [4.78, 5) is 25.8. The van der Waals surface area contributed by atoms with Crippen molar-refractivity contribution in [3.8, 4) is 0 Å². The first-order valence-electron chi connectivity index (χ1n) is 6.44. The second-order valence-corrected chi connectivity index (χ2v) is 6.48. The van der Waals surface area contributed by atoms with Crippen LogP contribution in [0, 0.1) is 5.82 Å². The van der Waals surface area contributed by atoms with Crippen molar-refractivity contribution in [2.45, 2.75) is 0 Å². The Balaban J connectivity index is 1.95. The largest absolute Gasteiger partial charge is 0.298 e. The molecular formula is C16H8Cl2FNO2S. The summed E-state index contributed by atoms with van der Waals surface area (Å²) in [6.45, 7) is 0. The minimum absolute atomic E-state index is 0.215. The highest BCUT2D eigenvalue weighted by Crippen LogP contribution is 2.37. The summed E-state index contributed by atoms with van der Waals surface area (Å²) < 4.78 is 13.2. The molecular weight excluding hydrogens is 360 g/mol. The van der Waals surface area contributed by atoms with E-state index in [1.165, 1.54) is 42.5 Å². The van der Waals surface area contributed by atoms with Gasteiger partial charge in [0, 0.05) is 0 Å².